The average molecular weight is 261 g/mol. The summed E-state index contributed by atoms with van der Waals surface area (Å²) in [5, 5.41) is 16.6. The van der Waals surface area contributed by atoms with E-state index in [4.69, 9.17) is 15.9 Å². The van der Waals surface area contributed by atoms with Crippen LogP contribution in [-0.2, 0) is 28.7 Å². The topological polar surface area (TPSA) is 161 Å². The first-order valence-corrected chi connectivity index (χ1v) is 4.72. The molecule has 1 atom stereocenters. The van der Waals surface area contributed by atoms with Gasteiger partial charge < -0.3 is 20.7 Å². The smallest absolute Gasteiger partial charge is 0.372 e. The summed E-state index contributed by atoms with van der Waals surface area (Å²) in [7, 11) is 0. The molecule has 4 N–H and O–H groups in total. The van der Waals surface area contributed by atoms with Crippen LogP contribution in [0.15, 0.2) is 0 Å². The maximum Gasteiger partial charge on any atom is 0.372 e. The lowest BCUT2D eigenvalue weighted by Gasteiger charge is -2.05. The Morgan fingerprint density at radius 1 is 1.06 bits per heavy atom. The molecule has 9 nitrogen and oxygen atoms in total. The van der Waals surface area contributed by atoms with Crippen LogP contribution in [-0.4, -0.2) is 45.9 Å². The third-order valence-corrected chi connectivity index (χ3v) is 1.75. The minimum Gasteiger partial charge on any atom is -0.480 e. The number of ketones is 1. The summed E-state index contributed by atoms with van der Waals surface area (Å²) in [6, 6.07) is -1.27. The largest absolute Gasteiger partial charge is 0.480 e. The number of nitrogens with two attached hydrogens (primary N) is 1. The fourth-order valence-corrected chi connectivity index (χ4v) is 0.818. The molecule has 18 heavy (non-hydrogen) atoms. The number of carbonyl (C=O) groups excluding carboxylic acids is 3. The number of ether oxygens (including phenoxy) is 1. The minimum absolute atomic E-state index is 0.242. The fraction of sp³-hybridized carbons (Fsp3) is 0.444. The van der Waals surface area contributed by atoms with Gasteiger partial charge in [-0.15, -0.1) is 0 Å². The Labute approximate surface area is 101 Å². The highest BCUT2D eigenvalue weighted by Crippen LogP contribution is 1.99. The van der Waals surface area contributed by atoms with Crippen molar-refractivity contribution in [1.29, 1.82) is 0 Å². The third kappa shape index (κ3) is 6.33. The molecule has 0 rings (SSSR count). The van der Waals surface area contributed by atoms with Gasteiger partial charge in [0, 0.05) is 6.42 Å². The SMILES string of the molecule is N[C@@H](CCC(=O)OC(=O)CC(=O)C(=O)O)C(=O)O. The Bertz CT molecular complexity index is 388. The summed E-state index contributed by atoms with van der Waals surface area (Å²) in [5.41, 5.74) is 5.09. The van der Waals surface area contributed by atoms with E-state index in [1.165, 1.54) is 0 Å². The van der Waals surface area contributed by atoms with E-state index in [0.29, 0.717) is 0 Å². The molecule has 0 saturated heterocycles. The van der Waals surface area contributed by atoms with Crippen molar-refractivity contribution < 1.29 is 38.9 Å². The summed E-state index contributed by atoms with van der Waals surface area (Å²) < 4.78 is 4.09. The van der Waals surface area contributed by atoms with Gasteiger partial charge in [0.25, 0.3) is 5.78 Å². The van der Waals surface area contributed by atoms with Gasteiger partial charge in [-0.25, -0.2) is 4.79 Å². The maximum atomic E-state index is 11.0. The van der Waals surface area contributed by atoms with Crippen LogP contribution in [0.2, 0.25) is 0 Å². The highest BCUT2D eigenvalue weighted by Gasteiger charge is 2.21. The molecular weight excluding hydrogens is 250 g/mol. The van der Waals surface area contributed by atoms with Crippen molar-refractivity contribution in [3.05, 3.63) is 0 Å². The normalized spacial score (nSPS) is 11.4. The van der Waals surface area contributed by atoms with E-state index in [9.17, 15) is 24.0 Å². The standard InChI is InChI=1S/C9H11NO8/c10-4(8(14)15)1-2-6(12)18-7(13)3-5(11)9(16)17/h4H,1-3,10H2,(H,14,15)(H,16,17)/t4-/m0/s1. The monoisotopic (exact) mass is 261 g/mol. The van der Waals surface area contributed by atoms with E-state index >= 15 is 0 Å². The summed E-state index contributed by atoms with van der Waals surface area (Å²) in [5.74, 6) is -6.91. The lowest BCUT2D eigenvalue weighted by molar-refractivity contribution is -0.162. The molecule has 0 radical (unpaired) electrons. The summed E-state index contributed by atoms with van der Waals surface area (Å²) >= 11 is 0. The Kier molecular flexibility index (Phi) is 6.21. The first-order valence-electron chi connectivity index (χ1n) is 4.72. The molecule has 0 aromatic rings. The van der Waals surface area contributed by atoms with Crippen LogP contribution in [0.1, 0.15) is 19.3 Å². The van der Waals surface area contributed by atoms with Gasteiger partial charge in [-0.05, 0) is 6.42 Å². The first-order chi connectivity index (χ1) is 8.23. The van der Waals surface area contributed by atoms with E-state index < -0.39 is 48.5 Å². The number of Topliss-reactive ketones (excluding diaryl/α,β-unsaturated/α-hetero) is 1. The molecule has 0 saturated carbocycles. The van der Waals surface area contributed by atoms with Crippen molar-refractivity contribution in [2.45, 2.75) is 25.3 Å². The molecule has 0 fully saturated rings. The molecule has 0 aromatic heterocycles. The minimum atomic E-state index is -1.81. The van der Waals surface area contributed by atoms with Gasteiger partial charge in [-0.3, -0.25) is 19.2 Å². The van der Waals surface area contributed by atoms with E-state index in [1.54, 1.807) is 0 Å². The molecule has 0 spiro atoms. The molecule has 0 bridgehead atoms. The zero-order valence-electron chi connectivity index (χ0n) is 9.12. The van der Waals surface area contributed by atoms with Gasteiger partial charge >= 0.3 is 23.9 Å². The van der Waals surface area contributed by atoms with Gasteiger partial charge in [-0.1, -0.05) is 0 Å². The van der Waals surface area contributed by atoms with Gasteiger partial charge in [0.15, 0.2) is 0 Å². The lowest BCUT2D eigenvalue weighted by atomic mass is 10.2. The average Bonchev–Trinajstić information content (AvgIpc) is 2.24. The fourth-order valence-electron chi connectivity index (χ4n) is 0.818. The summed E-state index contributed by atoms with van der Waals surface area (Å²) in [4.78, 5) is 52.8. The van der Waals surface area contributed by atoms with Crippen LogP contribution in [0.4, 0.5) is 0 Å². The summed E-state index contributed by atoms with van der Waals surface area (Å²) in [6.07, 6.45) is -1.74. The van der Waals surface area contributed by atoms with Gasteiger partial charge in [0.1, 0.15) is 12.5 Å². The highest BCUT2D eigenvalue weighted by molar-refractivity contribution is 6.36. The predicted octanol–water partition coefficient (Wildman–Crippen LogP) is -1.71. The molecular formula is C9H11NO8. The van der Waals surface area contributed by atoms with E-state index in [-0.39, 0.29) is 6.42 Å². The second kappa shape index (κ2) is 7.12. The van der Waals surface area contributed by atoms with E-state index in [1.807, 2.05) is 0 Å². The Hall–Kier alpha value is -2.29. The molecule has 0 aromatic carbocycles. The van der Waals surface area contributed by atoms with Gasteiger partial charge in [0.2, 0.25) is 0 Å². The quantitative estimate of drug-likeness (QED) is 0.275. The lowest BCUT2D eigenvalue weighted by Crippen LogP contribution is -2.31. The number of hydrogen-bond acceptors (Lipinski definition) is 7. The zero-order valence-corrected chi connectivity index (χ0v) is 9.12. The molecule has 0 aliphatic rings. The number of esters is 2. The van der Waals surface area contributed by atoms with Crippen LogP contribution in [0.5, 0.6) is 0 Å². The van der Waals surface area contributed by atoms with Crippen LogP contribution < -0.4 is 5.73 Å². The van der Waals surface area contributed by atoms with Crippen molar-refractivity contribution in [3.63, 3.8) is 0 Å². The van der Waals surface area contributed by atoms with Crippen molar-refractivity contribution in [2.75, 3.05) is 0 Å². The molecule has 0 amide bonds. The molecule has 0 aliphatic carbocycles. The first kappa shape index (κ1) is 15.7. The number of carboxylic acid groups (broad SMARTS) is 2. The summed E-state index contributed by atoms with van der Waals surface area (Å²) in [6.45, 7) is 0. The van der Waals surface area contributed by atoms with Crippen LogP contribution in [0.25, 0.3) is 0 Å². The predicted molar refractivity (Wildman–Crippen MR) is 53.2 cm³/mol. The molecule has 100 valence electrons. The molecule has 0 heterocycles. The van der Waals surface area contributed by atoms with Crippen molar-refractivity contribution in [1.82, 2.24) is 0 Å². The maximum absolute atomic E-state index is 11.0. The molecule has 9 heteroatoms. The van der Waals surface area contributed by atoms with Crippen molar-refractivity contribution in [2.24, 2.45) is 5.73 Å². The van der Waals surface area contributed by atoms with Gasteiger partial charge in [0.05, 0.1) is 0 Å². The van der Waals surface area contributed by atoms with Crippen molar-refractivity contribution >= 4 is 29.7 Å². The Balaban J connectivity index is 4.02. The molecule has 0 aliphatic heterocycles. The van der Waals surface area contributed by atoms with Crippen molar-refractivity contribution in [3.8, 4) is 0 Å². The number of aliphatic carboxylic acids is 2. The van der Waals surface area contributed by atoms with Crippen LogP contribution in [0.3, 0.4) is 0 Å². The van der Waals surface area contributed by atoms with Gasteiger partial charge in [-0.2, -0.15) is 0 Å². The van der Waals surface area contributed by atoms with E-state index in [0.717, 1.165) is 0 Å². The number of rotatable bonds is 7. The zero-order chi connectivity index (χ0) is 14.3. The second-order valence-electron chi connectivity index (χ2n) is 3.23. The number of carboxylic acids is 2. The molecule has 0 unspecified atom stereocenters. The Morgan fingerprint density at radius 3 is 2.06 bits per heavy atom. The number of carbonyl (C=O) groups is 5. The third-order valence-electron chi connectivity index (χ3n) is 1.75. The van der Waals surface area contributed by atoms with Crippen LogP contribution >= 0.6 is 0 Å². The second-order valence-corrected chi connectivity index (χ2v) is 3.23. The van der Waals surface area contributed by atoms with E-state index in [2.05, 4.69) is 4.74 Å². The Morgan fingerprint density at radius 2 is 1.61 bits per heavy atom. The highest BCUT2D eigenvalue weighted by atomic mass is 16.6. The van der Waals surface area contributed by atoms with Crippen LogP contribution in [0, 0.1) is 0 Å². The number of hydrogen-bond donors (Lipinski definition) is 3.